The zero-order valence-electron chi connectivity index (χ0n) is 8.13. The number of aromatic nitrogens is 2. The molecule has 2 rings (SSSR count). The summed E-state index contributed by atoms with van der Waals surface area (Å²) in [4.78, 5) is 7.57. The molecule has 0 atom stereocenters. The molecule has 78 valence electrons. The van der Waals surface area contributed by atoms with Crippen LogP contribution in [0.3, 0.4) is 0 Å². The number of hydrogen-bond donors (Lipinski definition) is 0. The molecule has 0 spiro atoms. The van der Waals surface area contributed by atoms with Gasteiger partial charge in [-0.25, -0.2) is 0 Å². The fourth-order valence-electron chi connectivity index (χ4n) is 0.625. The minimum Gasteiger partial charge on any atom is -1.00 e. The molecule has 0 amide bonds. The van der Waals surface area contributed by atoms with E-state index in [-0.39, 0.29) is 44.3 Å². The summed E-state index contributed by atoms with van der Waals surface area (Å²) in [6.07, 6.45) is 7.00. The third kappa shape index (κ3) is 13.5. The Balaban J connectivity index is -0.000000160. The maximum atomic E-state index is 3.78. The number of nitrogens with zero attached hydrogens (tertiary/aromatic N) is 2. The predicted octanol–water partition coefficient (Wildman–Crippen LogP) is -3.83. The second-order valence-electron chi connectivity index (χ2n) is 2.05. The van der Waals surface area contributed by atoms with E-state index >= 15 is 0 Å². The molecule has 2 heterocycles. The molecule has 5 heteroatoms. The van der Waals surface area contributed by atoms with Crippen LogP contribution < -0.4 is 24.8 Å². The molecule has 0 bridgehead atoms. The number of halogens is 2. The Kier molecular flexibility index (Phi) is 21.3. The van der Waals surface area contributed by atoms with Crippen molar-refractivity contribution in [1.29, 1.82) is 0 Å². The van der Waals surface area contributed by atoms with Crippen molar-refractivity contribution in [2.75, 3.05) is 0 Å². The Morgan fingerprint density at radius 2 is 0.733 bits per heavy atom. The quantitative estimate of drug-likeness (QED) is 0.465. The van der Waals surface area contributed by atoms with Gasteiger partial charge in [-0.05, 0) is 24.3 Å². The standard InChI is InChI=1S/2C5H5N.2ClH.Zn/c2*1-2-4-6-5-3-1;;;/h2*1-5H;2*1H;/p-2. The summed E-state index contributed by atoms with van der Waals surface area (Å²) >= 11 is 0. The maximum Gasteiger partial charge on any atom is 0.0267 e. The zero-order chi connectivity index (χ0) is 8.49. The van der Waals surface area contributed by atoms with Crippen LogP contribution in [0.25, 0.3) is 0 Å². The molecular formula is C10H10Cl2N2Zn-2. The molecule has 0 fully saturated rings. The molecule has 0 aromatic carbocycles. The molecule has 0 saturated carbocycles. The van der Waals surface area contributed by atoms with Gasteiger partial charge in [-0.1, -0.05) is 12.1 Å². The average molecular weight is 295 g/mol. The van der Waals surface area contributed by atoms with Crippen molar-refractivity contribution < 1.29 is 44.3 Å². The summed E-state index contributed by atoms with van der Waals surface area (Å²) in [5, 5.41) is 0. The van der Waals surface area contributed by atoms with E-state index < -0.39 is 0 Å². The number of hydrogen-bond acceptors (Lipinski definition) is 2. The van der Waals surface area contributed by atoms with Gasteiger partial charge in [0.2, 0.25) is 0 Å². The van der Waals surface area contributed by atoms with Gasteiger partial charge >= 0.3 is 0 Å². The Hall–Kier alpha value is -0.497. The van der Waals surface area contributed by atoms with Crippen molar-refractivity contribution >= 4 is 0 Å². The summed E-state index contributed by atoms with van der Waals surface area (Å²) in [5.74, 6) is 0. The summed E-state index contributed by atoms with van der Waals surface area (Å²) in [7, 11) is 0. The molecule has 0 saturated heterocycles. The Bertz CT molecular complexity index is 197. The van der Waals surface area contributed by atoms with Crippen molar-refractivity contribution in [3.05, 3.63) is 61.2 Å². The minimum absolute atomic E-state index is 0. The van der Waals surface area contributed by atoms with Gasteiger partial charge in [0.1, 0.15) is 0 Å². The Morgan fingerprint density at radius 3 is 0.800 bits per heavy atom. The van der Waals surface area contributed by atoms with Crippen LogP contribution in [-0.4, -0.2) is 9.97 Å². The summed E-state index contributed by atoms with van der Waals surface area (Å²) in [5.41, 5.74) is 0. The van der Waals surface area contributed by atoms with Gasteiger partial charge < -0.3 is 24.8 Å². The van der Waals surface area contributed by atoms with E-state index in [1.54, 1.807) is 24.8 Å². The SMILES string of the molecule is [Cl-].[Cl-].[Zn].c1ccncc1.c1ccncc1. The second-order valence-corrected chi connectivity index (χ2v) is 2.05. The number of pyridine rings is 2. The van der Waals surface area contributed by atoms with Crippen molar-refractivity contribution in [1.82, 2.24) is 9.97 Å². The topological polar surface area (TPSA) is 25.8 Å². The zero-order valence-corrected chi connectivity index (χ0v) is 12.6. The first-order valence-corrected chi connectivity index (χ1v) is 3.70. The third-order valence-corrected chi connectivity index (χ3v) is 1.13. The van der Waals surface area contributed by atoms with Gasteiger partial charge in [0, 0.05) is 44.3 Å². The summed E-state index contributed by atoms with van der Waals surface area (Å²) in [6, 6.07) is 11.4. The van der Waals surface area contributed by atoms with Crippen LogP contribution in [0.15, 0.2) is 61.2 Å². The molecule has 0 radical (unpaired) electrons. The molecule has 0 aliphatic heterocycles. The average Bonchev–Trinajstić information content (AvgIpc) is 2.24. The van der Waals surface area contributed by atoms with E-state index in [2.05, 4.69) is 9.97 Å². The fraction of sp³-hybridized carbons (Fsp3) is 0. The van der Waals surface area contributed by atoms with Gasteiger partial charge in [0.05, 0.1) is 0 Å². The van der Waals surface area contributed by atoms with E-state index in [0.717, 1.165) is 0 Å². The van der Waals surface area contributed by atoms with E-state index in [1.165, 1.54) is 0 Å². The first-order valence-electron chi connectivity index (χ1n) is 3.70. The van der Waals surface area contributed by atoms with Gasteiger partial charge in [-0.15, -0.1) is 0 Å². The third-order valence-electron chi connectivity index (χ3n) is 1.13. The van der Waals surface area contributed by atoms with Gasteiger partial charge in [-0.2, -0.15) is 0 Å². The van der Waals surface area contributed by atoms with Crippen LogP contribution in [0.4, 0.5) is 0 Å². The molecule has 2 nitrogen and oxygen atoms in total. The van der Waals surface area contributed by atoms with Crippen LogP contribution in [0, 0.1) is 0 Å². The van der Waals surface area contributed by atoms with E-state index in [9.17, 15) is 0 Å². The van der Waals surface area contributed by atoms with Crippen LogP contribution in [0.5, 0.6) is 0 Å². The molecule has 0 unspecified atom stereocenters. The van der Waals surface area contributed by atoms with Crippen molar-refractivity contribution in [3.63, 3.8) is 0 Å². The predicted molar refractivity (Wildman–Crippen MR) is 48.5 cm³/mol. The van der Waals surface area contributed by atoms with Crippen LogP contribution in [0.1, 0.15) is 0 Å². The van der Waals surface area contributed by atoms with Crippen LogP contribution in [0.2, 0.25) is 0 Å². The fourth-order valence-corrected chi connectivity index (χ4v) is 0.625. The van der Waals surface area contributed by atoms with Crippen LogP contribution >= 0.6 is 0 Å². The Labute approximate surface area is 115 Å². The largest absolute Gasteiger partial charge is 1.00 e. The Morgan fingerprint density at radius 1 is 0.467 bits per heavy atom. The number of rotatable bonds is 0. The van der Waals surface area contributed by atoms with Gasteiger partial charge in [0.15, 0.2) is 0 Å². The maximum absolute atomic E-state index is 3.78. The van der Waals surface area contributed by atoms with Gasteiger partial charge in [0.25, 0.3) is 0 Å². The van der Waals surface area contributed by atoms with E-state index in [4.69, 9.17) is 0 Å². The van der Waals surface area contributed by atoms with Gasteiger partial charge in [-0.3, -0.25) is 9.97 Å². The summed E-state index contributed by atoms with van der Waals surface area (Å²) in [6.45, 7) is 0. The molecule has 0 N–H and O–H groups in total. The van der Waals surface area contributed by atoms with Crippen molar-refractivity contribution in [3.8, 4) is 0 Å². The first kappa shape index (κ1) is 20.0. The minimum atomic E-state index is 0. The second kappa shape index (κ2) is 16.0. The molecule has 15 heavy (non-hydrogen) atoms. The normalized spacial score (nSPS) is 6.40. The molecule has 2 aromatic heterocycles. The van der Waals surface area contributed by atoms with E-state index in [0.29, 0.717) is 0 Å². The smallest absolute Gasteiger partial charge is 0.0267 e. The molecule has 0 aliphatic rings. The molecule has 0 aliphatic carbocycles. The van der Waals surface area contributed by atoms with Crippen molar-refractivity contribution in [2.24, 2.45) is 0 Å². The molecule has 2 aromatic rings. The van der Waals surface area contributed by atoms with Crippen LogP contribution in [-0.2, 0) is 19.5 Å². The van der Waals surface area contributed by atoms with Crippen molar-refractivity contribution in [2.45, 2.75) is 0 Å². The molecular weight excluding hydrogens is 284 g/mol. The monoisotopic (exact) mass is 292 g/mol. The first-order chi connectivity index (χ1) is 6.00. The van der Waals surface area contributed by atoms with E-state index in [1.807, 2.05) is 36.4 Å². The summed E-state index contributed by atoms with van der Waals surface area (Å²) < 4.78 is 0.